The quantitative estimate of drug-likeness (QED) is 0.0388. The van der Waals surface area contributed by atoms with Crippen LogP contribution in [0, 0.1) is 35.5 Å². The standard InChI is InChI=1S/C87H142N12O20/c1-9-12-13-14-15-16-17-18-19-20-21-22-26-36-66(104)38-40-80(113)93-56(5)73(106)45-61(34-27-29-41-88)83(115)96-69(44-60-32-24-23-25-33-60)76(109)47-62(35-28-30-42-89)85(117)99-81(59(8)103)78(111)48-64(52-100)86(118)94-57(6)74(107)46-63(37-39-79(90)112)84(116)97-70(49-65-51-91-54-92-65)75(108)43-55(4)82(114)95-68(31-10-2)77(110)50-67(58(7)102)87(119)98-71(53-101)72(105)11-3/h23-25,32-33,51,54-59,61-64,67-71,81,100-103H,9-22,26-31,34-50,52-53,88-89H2,1-8H3,(H2,90,112)(H,91,92)(H,93,113)(H,94,118)(H,95,114)(H,96,115)(H,97,116)(H,98,119)(H,99,117)/t55-,56+,57+,58-,59-,61+,62+,63-,64-,67+,68+,69+,70+,71+,81+/m1/s1. The Morgan fingerprint density at radius 3 is 1.39 bits per heavy atom. The molecule has 8 amide bonds. The summed E-state index contributed by atoms with van der Waals surface area (Å²) in [5, 5.41) is 60.1. The minimum Gasteiger partial charge on any atom is -0.396 e. The van der Waals surface area contributed by atoms with Crippen LogP contribution in [0.2, 0.25) is 0 Å². The zero-order valence-corrected chi connectivity index (χ0v) is 71.8. The smallest absolute Gasteiger partial charge is 0.226 e. The van der Waals surface area contributed by atoms with Crippen molar-refractivity contribution >= 4 is 93.5 Å². The largest absolute Gasteiger partial charge is 0.396 e. The van der Waals surface area contributed by atoms with E-state index in [4.69, 9.17) is 17.2 Å². The van der Waals surface area contributed by atoms with Gasteiger partial charge in [0.2, 0.25) is 47.3 Å². The predicted octanol–water partition coefficient (Wildman–Crippen LogP) is 4.98. The lowest BCUT2D eigenvalue weighted by Gasteiger charge is -2.27. The molecule has 0 radical (unpaired) electrons. The average Bonchev–Trinajstić information content (AvgIpc) is 1.82. The first-order valence-corrected chi connectivity index (χ1v) is 43.3. The van der Waals surface area contributed by atoms with Gasteiger partial charge in [-0.15, -0.1) is 0 Å². The van der Waals surface area contributed by atoms with Gasteiger partial charge >= 0.3 is 0 Å². The lowest BCUT2D eigenvalue weighted by molar-refractivity contribution is -0.138. The van der Waals surface area contributed by atoms with Gasteiger partial charge < -0.3 is 79.8 Å². The summed E-state index contributed by atoms with van der Waals surface area (Å²) < 4.78 is 0. The average molecular weight is 1680 g/mol. The van der Waals surface area contributed by atoms with Gasteiger partial charge in [-0.2, -0.15) is 0 Å². The maximum Gasteiger partial charge on any atom is 0.226 e. The van der Waals surface area contributed by atoms with Crippen molar-refractivity contribution < 1.29 is 97.1 Å². The number of carbonyl (C=O) groups is 16. The predicted molar refractivity (Wildman–Crippen MR) is 448 cm³/mol. The van der Waals surface area contributed by atoms with E-state index in [9.17, 15) is 97.1 Å². The van der Waals surface area contributed by atoms with E-state index < -0.39 is 229 Å². The number of imidazole rings is 1. The number of benzene rings is 1. The number of nitrogens with one attached hydrogen (secondary N) is 8. The molecule has 32 nitrogen and oxygen atoms in total. The van der Waals surface area contributed by atoms with Crippen molar-refractivity contribution in [2.24, 2.45) is 52.7 Å². The van der Waals surface area contributed by atoms with Crippen LogP contribution in [0.1, 0.15) is 279 Å². The summed E-state index contributed by atoms with van der Waals surface area (Å²) in [6.45, 7) is 10.9. The summed E-state index contributed by atoms with van der Waals surface area (Å²) in [6, 6.07) is -0.578. The van der Waals surface area contributed by atoms with Gasteiger partial charge in [0.25, 0.3) is 0 Å². The molecule has 0 saturated carbocycles. The van der Waals surface area contributed by atoms with E-state index in [-0.39, 0.29) is 76.5 Å². The zero-order valence-electron chi connectivity index (χ0n) is 71.8. The molecule has 2 rings (SSSR count). The number of aromatic amines is 1. The highest BCUT2D eigenvalue weighted by molar-refractivity contribution is 6.00. The second-order valence-electron chi connectivity index (χ2n) is 32.1. The minimum atomic E-state index is -1.73. The Hall–Kier alpha value is -8.69. The number of hydrogen-bond acceptors (Lipinski definition) is 23. The number of amides is 8. The highest BCUT2D eigenvalue weighted by Gasteiger charge is 2.39. The Morgan fingerprint density at radius 2 is 0.891 bits per heavy atom. The summed E-state index contributed by atoms with van der Waals surface area (Å²) in [4.78, 5) is 226. The molecule has 15 atom stereocenters. The van der Waals surface area contributed by atoms with Gasteiger partial charge in [0.15, 0.2) is 40.5 Å². The first kappa shape index (κ1) is 106. The molecule has 0 aliphatic rings. The van der Waals surface area contributed by atoms with Crippen molar-refractivity contribution in [3.8, 4) is 0 Å². The molecule has 0 unspecified atom stereocenters. The third kappa shape index (κ3) is 43.4. The van der Waals surface area contributed by atoms with E-state index in [0.29, 0.717) is 56.3 Å². The molecule has 32 heteroatoms. The molecule has 0 saturated heterocycles. The van der Waals surface area contributed by atoms with Crippen LogP contribution < -0.4 is 54.4 Å². The molecule has 670 valence electrons. The van der Waals surface area contributed by atoms with Crippen molar-refractivity contribution in [3.05, 3.63) is 54.1 Å². The third-order valence-corrected chi connectivity index (χ3v) is 21.8. The van der Waals surface area contributed by atoms with Gasteiger partial charge in [-0.1, -0.05) is 154 Å². The number of Topliss-reactive ketones (excluding diaryl/α,β-unsaturated/α-hetero) is 8. The maximum absolute atomic E-state index is 14.8. The number of rotatable bonds is 71. The van der Waals surface area contributed by atoms with Crippen molar-refractivity contribution in [1.82, 2.24) is 47.2 Å². The fourth-order valence-corrected chi connectivity index (χ4v) is 14.0. The van der Waals surface area contributed by atoms with Crippen molar-refractivity contribution in [1.29, 1.82) is 0 Å². The number of nitrogens with zero attached hydrogens (tertiary/aromatic N) is 1. The zero-order chi connectivity index (χ0) is 88.9. The number of unbranched alkanes of at least 4 members (excludes halogenated alkanes) is 14. The van der Waals surface area contributed by atoms with E-state index in [1.807, 2.05) is 0 Å². The van der Waals surface area contributed by atoms with Gasteiger partial charge in [0.1, 0.15) is 17.9 Å². The molecular formula is C87H142N12O20. The van der Waals surface area contributed by atoms with Crippen LogP contribution in [0.3, 0.4) is 0 Å². The van der Waals surface area contributed by atoms with Crippen LogP contribution >= 0.6 is 0 Å². The summed E-state index contributed by atoms with van der Waals surface area (Å²) in [7, 11) is 0. The SMILES string of the molecule is CCCCCCCCCCCCCCCC(=O)CCC(=O)N[C@@H](C)C(=O)C[C@H](CCCCN)C(=O)N[C@@H](Cc1ccccc1)C(=O)C[C@H](CCCCN)C(=O)N[C@H](C(=O)C[C@H](CO)C(=O)N[C@@H](C)C(=O)C[C@@H](CCC(N)=O)C(=O)N[C@@H](Cc1cnc[nH]1)C(=O)C[C@@H](C)C(=O)N[C@@H](CCC)C(=O)C[C@H](C(=O)N[C@@H](CO)C(=O)CC)[C@@H](C)O)[C@@H](C)O. The van der Waals surface area contributed by atoms with Crippen LogP contribution in [0.15, 0.2) is 42.9 Å². The summed E-state index contributed by atoms with van der Waals surface area (Å²) in [5.74, 6) is -18.7. The van der Waals surface area contributed by atoms with Crippen molar-refractivity contribution in [3.63, 3.8) is 0 Å². The maximum atomic E-state index is 14.8. The number of hydrogen-bond donors (Lipinski definition) is 15. The van der Waals surface area contributed by atoms with E-state index >= 15 is 0 Å². The fraction of sp³-hybridized carbons (Fsp3) is 0.713. The molecule has 0 aliphatic heterocycles. The van der Waals surface area contributed by atoms with Gasteiger partial charge in [0.05, 0.1) is 73.8 Å². The first-order chi connectivity index (χ1) is 56.7. The van der Waals surface area contributed by atoms with Gasteiger partial charge in [0, 0.05) is 113 Å². The highest BCUT2D eigenvalue weighted by Crippen LogP contribution is 2.24. The Bertz CT molecular complexity index is 3470. The topological polar surface area (TPSA) is 545 Å². The normalized spacial score (nSPS) is 15.2. The van der Waals surface area contributed by atoms with Crippen LogP contribution in [0.4, 0.5) is 0 Å². The minimum absolute atomic E-state index is 0.00669. The third-order valence-electron chi connectivity index (χ3n) is 21.8. The van der Waals surface area contributed by atoms with Crippen LogP contribution in [-0.2, 0) is 89.6 Å². The molecule has 0 aliphatic carbocycles. The molecule has 1 heterocycles. The summed E-state index contributed by atoms with van der Waals surface area (Å²) in [6.07, 6.45) is 13.3. The number of ketones is 8. The van der Waals surface area contributed by atoms with Crippen LogP contribution in [-0.4, -0.2) is 205 Å². The molecule has 119 heavy (non-hydrogen) atoms. The lowest BCUT2D eigenvalue weighted by Crippen LogP contribution is -2.52. The van der Waals surface area contributed by atoms with Gasteiger partial charge in [-0.3, -0.25) is 76.7 Å². The molecule has 2 aromatic rings. The lowest BCUT2D eigenvalue weighted by atomic mass is 9.88. The monoisotopic (exact) mass is 1680 g/mol. The van der Waals surface area contributed by atoms with E-state index in [2.05, 4.69) is 54.1 Å². The Labute approximate surface area is 702 Å². The molecule has 18 N–H and O–H groups in total. The van der Waals surface area contributed by atoms with Gasteiger partial charge in [-0.25, -0.2) is 4.98 Å². The van der Waals surface area contributed by atoms with E-state index in [1.165, 1.54) is 112 Å². The molecule has 0 spiro atoms. The Kier molecular flexibility index (Phi) is 54.3. The molecule has 1 aromatic carbocycles. The number of aromatic nitrogens is 2. The first-order valence-electron chi connectivity index (χ1n) is 43.3. The number of nitrogens with two attached hydrogens (primary N) is 3. The Balaban J connectivity index is 2.27. The number of aliphatic hydroxyl groups excluding tert-OH is 4. The van der Waals surface area contributed by atoms with Gasteiger partial charge in [-0.05, 0) is 97.7 Å². The van der Waals surface area contributed by atoms with Crippen molar-refractivity contribution in [2.45, 2.75) is 335 Å². The molecular weight excluding hydrogens is 1530 g/mol. The molecule has 1 aromatic heterocycles. The Morgan fingerprint density at radius 1 is 0.412 bits per heavy atom. The fourth-order valence-electron chi connectivity index (χ4n) is 14.0. The highest BCUT2D eigenvalue weighted by atomic mass is 16.3. The molecule has 0 fully saturated rings. The van der Waals surface area contributed by atoms with Crippen LogP contribution in [0.5, 0.6) is 0 Å². The number of H-pyrrole nitrogens is 1. The van der Waals surface area contributed by atoms with E-state index in [1.54, 1.807) is 37.3 Å². The van der Waals surface area contributed by atoms with Crippen LogP contribution in [0.25, 0.3) is 0 Å². The number of carbonyl (C=O) groups excluding carboxylic acids is 16. The van der Waals surface area contributed by atoms with E-state index in [0.717, 1.165) is 25.7 Å². The van der Waals surface area contributed by atoms with Crippen molar-refractivity contribution in [2.75, 3.05) is 26.3 Å². The number of primary amides is 1. The molecule has 0 bridgehead atoms. The summed E-state index contributed by atoms with van der Waals surface area (Å²) in [5.41, 5.74) is 18.2. The second-order valence-corrected chi connectivity index (χ2v) is 32.1. The second kappa shape index (κ2) is 60.7. The number of aliphatic hydroxyl groups is 4. The summed E-state index contributed by atoms with van der Waals surface area (Å²) >= 11 is 0.